The highest BCUT2D eigenvalue weighted by atomic mass is 35.5. The first kappa shape index (κ1) is 39.0. The molecule has 4 aromatic rings. The zero-order valence-electron chi connectivity index (χ0n) is 31.6. The molecule has 3 fully saturated rings. The van der Waals surface area contributed by atoms with E-state index in [1.54, 1.807) is 24.3 Å². The normalized spacial score (nSPS) is 17.5. The lowest BCUT2D eigenvalue weighted by atomic mass is 9.83. The second-order valence-corrected chi connectivity index (χ2v) is 16.2. The summed E-state index contributed by atoms with van der Waals surface area (Å²) in [7, 11) is 0. The van der Waals surface area contributed by atoms with Crippen LogP contribution in [0.4, 0.5) is 22.7 Å². The average molecular weight is 773 g/mol. The number of nitrogen functional groups attached to an aromatic ring is 2. The van der Waals surface area contributed by atoms with Crippen molar-refractivity contribution in [2.45, 2.75) is 77.0 Å². The van der Waals surface area contributed by atoms with Gasteiger partial charge in [0.25, 0.3) is 0 Å². The van der Waals surface area contributed by atoms with Crippen molar-refractivity contribution in [3.63, 3.8) is 0 Å². The van der Waals surface area contributed by atoms with E-state index in [-0.39, 0.29) is 34.3 Å². The monoisotopic (exact) mass is 772 g/mol. The van der Waals surface area contributed by atoms with Gasteiger partial charge in [0.1, 0.15) is 0 Å². The third kappa shape index (κ3) is 8.58. The number of carbonyl (C=O) groups excluding carboxylic acids is 5. The summed E-state index contributed by atoms with van der Waals surface area (Å²) in [6, 6.07) is 20.7. The summed E-state index contributed by atoms with van der Waals surface area (Å²) < 4.78 is 0. The lowest BCUT2D eigenvalue weighted by Crippen LogP contribution is -2.22. The van der Waals surface area contributed by atoms with Crippen molar-refractivity contribution in [2.24, 2.45) is 17.8 Å². The highest BCUT2D eigenvalue weighted by Gasteiger charge is 2.31. The molecule has 56 heavy (non-hydrogen) atoms. The zero-order valence-corrected chi connectivity index (χ0v) is 32.4. The van der Waals surface area contributed by atoms with E-state index in [0.29, 0.717) is 67.7 Å². The first-order valence-electron chi connectivity index (χ1n) is 20.0. The fourth-order valence-electron chi connectivity index (χ4n) is 8.66. The number of carbonyl (C=O) groups is 5. The summed E-state index contributed by atoms with van der Waals surface area (Å²) >= 11 is 5.25. The van der Waals surface area contributed by atoms with E-state index in [9.17, 15) is 24.0 Å². The summed E-state index contributed by atoms with van der Waals surface area (Å²) in [4.78, 5) is 61.2. The van der Waals surface area contributed by atoms with Gasteiger partial charge in [-0.25, -0.2) is 0 Å². The number of hydrogen-bond donors (Lipinski definition) is 4. The number of benzene rings is 4. The fraction of sp³-hybridized carbons (Fsp3) is 0.370. The molecule has 0 atom stereocenters. The fourth-order valence-corrected chi connectivity index (χ4v) is 8.88. The van der Waals surface area contributed by atoms with E-state index in [1.807, 2.05) is 36.4 Å². The van der Waals surface area contributed by atoms with Crippen molar-refractivity contribution in [3.05, 3.63) is 117 Å². The van der Waals surface area contributed by atoms with Crippen LogP contribution in [0.15, 0.2) is 72.8 Å². The topological polar surface area (TPSA) is 161 Å². The molecule has 10 heteroatoms. The number of nitrogens with two attached hydrogens (primary N) is 2. The molecule has 9 nitrogen and oxygen atoms in total. The Morgan fingerprint density at radius 2 is 0.804 bits per heavy atom. The molecule has 5 aliphatic carbocycles. The lowest BCUT2D eigenvalue weighted by Gasteiger charge is -2.20. The van der Waals surface area contributed by atoms with Gasteiger partial charge in [-0.1, -0.05) is 38.5 Å². The van der Waals surface area contributed by atoms with E-state index in [2.05, 4.69) is 10.6 Å². The first-order valence-corrected chi connectivity index (χ1v) is 20.4. The standard InChI is InChI=1S/C26H30N2O2.C14H10N2O2.C6H9ClO/c29-25-21-11-9-19(27-15-17-5-1-2-6-17)13-23(21)26(30)24-14-20(10-12-22(24)25)28-16-18-7-3-4-8-18;15-7-1-3-9-11(5-7)14(18)12-6-8(16)2-4-10(12)13(9)17;7-6(8)5-3-1-2-4-5/h9-14,17-18,27-28H,1-8,15-16H2;1-6H,15-16H2;5H,1-4H2. The van der Waals surface area contributed by atoms with E-state index in [1.165, 1.54) is 76.3 Å². The quantitative estimate of drug-likeness (QED) is 0.0916. The minimum absolute atomic E-state index is 0.0476. The van der Waals surface area contributed by atoms with Gasteiger partial charge in [-0.15, -0.1) is 0 Å². The molecule has 0 spiro atoms. The van der Waals surface area contributed by atoms with Gasteiger partial charge in [0, 0.05) is 86.3 Å². The third-order valence-electron chi connectivity index (χ3n) is 11.9. The summed E-state index contributed by atoms with van der Waals surface area (Å²) in [5, 5.41) is 6.83. The first-order chi connectivity index (χ1) is 27.1. The van der Waals surface area contributed by atoms with Gasteiger partial charge in [-0.2, -0.15) is 0 Å². The minimum atomic E-state index is -0.209. The van der Waals surface area contributed by atoms with Crippen molar-refractivity contribution in [2.75, 3.05) is 35.2 Å². The maximum Gasteiger partial charge on any atom is 0.224 e. The van der Waals surface area contributed by atoms with Crippen LogP contribution < -0.4 is 22.1 Å². The van der Waals surface area contributed by atoms with E-state index in [0.717, 1.165) is 37.3 Å². The summed E-state index contributed by atoms with van der Waals surface area (Å²) in [5.41, 5.74) is 17.7. The number of ketones is 4. The Labute approximate surface area is 333 Å². The van der Waals surface area contributed by atoms with Crippen LogP contribution in [0.2, 0.25) is 0 Å². The minimum Gasteiger partial charge on any atom is -0.399 e. The number of anilines is 4. The van der Waals surface area contributed by atoms with Crippen LogP contribution in [-0.2, 0) is 4.79 Å². The molecule has 6 N–H and O–H groups in total. The maximum absolute atomic E-state index is 13.3. The molecule has 0 radical (unpaired) electrons. The number of nitrogens with one attached hydrogen (secondary N) is 2. The summed E-state index contributed by atoms with van der Waals surface area (Å²) in [6.45, 7) is 1.87. The molecular formula is C46H49ClN4O5. The highest BCUT2D eigenvalue weighted by molar-refractivity contribution is 6.64. The smallest absolute Gasteiger partial charge is 0.224 e. The predicted octanol–water partition coefficient (Wildman–Crippen LogP) is 9.23. The number of halogens is 1. The molecular weight excluding hydrogens is 724 g/mol. The number of hydrogen-bond acceptors (Lipinski definition) is 9. The summed E-state index contributed by atoms with van der Waals surface area (Å²) in [6.07, 6.45) is 14.8. The van der Waals surface area contributed by atoms with Crippen LogP contribution in [0, 0.1) is 17.8 Å². The second kappa shape index (κ2) is 17.2. The van der Waals surface area contributed by atoms with Crippen molar-refractivity contribution in [1.82, 2.24) is 0 Å². The van der Waals surface area contributed by atoms with Gasteiger partial charge in [0.2, 0.25) is 5.24 Å². The predicted molar refractivity (Wildman–Crippen MR) is 222 cm³/mol. The molecule has 0 aromatic heterocycles. The largest absolute Gasteiger partial charge is 0.399 e. The molecule has 0 saturated heterocycles. The average Bonchev–Trinajstić information content (AvgIpc) is 4.03. The van der Waals surface area contributed by atoms with Crippen molar-refractivity contribution in [1.29, 1.82) is 0 Å². The van der Waals surface area contributed by atoms with Gasteiger partial charge >= 0.3 is 0 Å². The Hall–Kier alpha value is -5.28. The Kier molecular flexibility index (Phi) is 12.0. The molecule has 0 aliphatic heterocycles. The molecule has 3 saturated carbocycles. The highest BCUT2D eigenvalue weighted by Crippen LogP contribution is 2.33. The van der Waals surface area contributed by atoms with Crippen molar-refractivity contribution < 1.29 is 24.0 Å². The molecule has 0 heterocycles. The van der Waals surface area contributed by atoms with E-state index >= 15 is 0 Å². The van der Waals surface area contributed by atoms with E-state index < -0.39 is 0 Å². The zero-order chi connectivity index (χ0) is 39.3. The summed E-state index contributed by atoms with van der Waals surface area (Å²) in [5.74, 6) is 1.15. The van der Waals surface area contributed by atoms with Gasteiger partial charge < -0.3 is 22.1 Å². The third-order valence-corrected chi connectivity index (χ3v) is 12.2. The van der Waals surface area contributed by atoms with Crippen LogP contribution in [0.25, 0.3) is 0 Å². The van der Waals surface area contributed by atoms with Gasteiger partial charge in [0.05, 0.1) is 0 Å². The molecule has 0 bridgehead atoms. The maximum atomic E-state index is 13.3. The molecule has 0 unspecified atom stereocenters. The number of fused-ring (bicyclic) bond motifs is 4. The molecule has 290 valence electrons. The Balaban J connectivity index is 0.000000155. The van der Waals surface area contributed by atoms with E-state index in [4.69, 9.17) is 23.1 Å². The van der Waals surface area contributed by atoms with Crippen LogP contribution in [0.5, 0.6) is 0 Å². The van der Waals surface area contributed by atoms with Crippen LogP contribution in [-0.4, -0.2) is 41.5 Å². The van der Waals surface area contributed by atoms with Gasteiger partial charge in [-0.05, 0) is 135 Å². The van der Waals surface area contributed by atoms with Crippen molar-refractivity contribution >= 4 is 62.7 Å². The van der Waals surface area contributed by atoms with Gasteiger partial charge in [0.15, 0.2) is 23.1 Å². The van der Waals surface area contributed by atoms with Gasteiger partial charge in [-0.3, -0.25) is 24.0 Å². The lowest BCUT2D eigenvalue weighted by molar-refractivity contribution is -0.114. The Bertz CT molecular complexity index is 2050. The van der Waals surface area contributed by atoms with Crippen LogP contribution in [0.1, 0.15) is 141 Å². The van der Waals surface area contributed by atoms with Crippen molar-refractivity contribution in [3.8, 4) is 0 Å². The SMILES string of the molecule is Nc1ccc2c(c1)C(=O)c1cc(N)ccc1C2=O.O=C(Cl)C1CCCC1.O=C1c2ccc(NCC3CCCC3)cc2C(=O)c2cc(NCC3CCCC3)ccc21. The second-order valence-electron chi connectivity index (χ2n) is 15.8. The molecule has 0 amide bonds. The van der Waals surface area contributed by atoms with Crippen LogP contribution in [0.3, 0.4) is 0 Å². The number of rotatable bonds is 7. The molecule has 9 rings (SSSR count). The molecule has 4 aromatic carbocycles. The van der Waals surface area contributed by atoms with Crippen LogP contribution >= 0.6 is 11.6 Å². The molecule has 5 aliphatic rings. The Morgan fingerprint density at radius 3 is 1.16 bits per heavy atom. The Morgan fingerprint density at radius 1 is 0.482 bits per heavy atom.